The Morgan fingerprint density at radius 1 is 1.32 bits per heavy atom. The Balaban J connectivity index is 0.00000133. The van der Waals surface area contributed by atoms with Crippen LogP contribution in [-0.2, 0) is 9.47 Å². The van der Waals surface area contributed by atoms with E-state index in [4.69, 9.17) is 9.47 Å². The van der Waals surface area contributed by atoms with Gasteiger partial charge in [-0.2, -0.15) is 0 Å². The molecule has 0 aromatic heterocycles. The van der Waals surface area contributed by atoms with Crippen molar-refractivity contribution in [2.45, 2.75) is 32.5 Å². The summed E-state index contributed by atoms with van der Waals surface area (Å²) in [5.41, 5.74) is 0.472. The summed E-state index contributed by atoms with van der Waals surface area (Å²) in [5.74, 6) is 0.583. The molecule has 0 bridgehead atoms. The van der Waals surface area contributed by atoms with Crippen molar-refractivity contribution in [1.29, 1.82) is 0 Å². The van der Waals surface area contributed by atoms with E-state index in [1.807, 2.05) is 0 Å². The molecule has 19 heavy (non-hydrogen) atoms. The maximum Gasteiger partial charge on any atom is 0.161 e. The Morgan fingerprint density at radius 2 is 2.11 bits per heavy atom. The van der Waals surface area contributed by atoms with E-state index < -0.39 is 0 Å². The molecule has 2 unspecified atom stereocenters. The van der Waals surface area contributed by atoms with Crippen molar-refractivity contribution in [3.8, 4) is 0 Å². The molecule has 3 aliphatic rings. The zero-order valence-electron chi connectivity index (χ0n) is 11.9. The van der Waals surface area contributed by atoms with E-state index in [-0.39, 0.29) is 18.7 Å². The third kappa shape index (κ3) is 3.82. The van der Waals surface area contributed by atoms with E-state index in [2.05, 4.69) is 17.1 Å². The number of piperidine rings is 1. The van der Waals surface area contributed by atoms with Crippen LogP contribution in [-0.4, -0.2) is 57.1 Å². The molecule has 3 saturated heterocycles. The second-order valence-corrected chi connectivity index (χ2v) is 6.48. The Morgan fingerprint density at radius 3 is 2.79 bits per heavy atom. The number of halogens is 1. The molecule has 3 rings (SSSR count). The first-order chi connectivity index (χ1) is 8.75. The number of ether oxygens (including phenoxy) is 2. The van der Waals surface area contributed by atoms with Gasteiger partial charge in [0, 0.05) is 25.6 Å². The molecular weight excluding hydrogens is 264 g/mol. The van der Waals surface area contributed by atoms with Crippen molar-refractivity contribution < 1.29 is 9.47 Å². The summed E-state index contributed by atoms with van der Waals surface area (Å²) in [6.07, 6.45) is 3.93. The van der Waals surface area contributed by atoms with Crippen molar-refractivity contribution in [2.24, 2.45) is 11.3 Å². The highest BCUT2D eigenvalue weighted by molar-refractivity contribution is 5.85. The fourth-order valence-corrected chi connectivity index (χ4v) is 3.65. The molecule has 0 spiro atoms. The van der Waals surface area contributed by atoms with Gasteiger partial charge in [0.25, 0.3) is 0 Å². The summed E-state index contributed by atoms with van der Waals surface area (Å²) in [7, 11) is 0. The van der Waals surface area contributed by atoms with Gasteiger partial charge < -0.3 is 19.7 Å². The van der Waals surface area contributed by atoms with Gasteiger partial charge in [-0.1, -0.05) is 6.92 Å². The van der Waals surface area contributed by atoms with Gasteiger partial charge >= 0.3 is 0 Å². The molecule has 0 aliphatic carbocycles. The van der Waals surface area contributed by atoms with Crippen LogP contribution in [0.5, 0.6) is 0 Å². The predicted octanol–water partition coefficient (Wildman–Crippen LogP) is 1.49. The Kier molecular flexibility index (Phi) is 5.49. The zero-order valence-corrected chi connectivity index (χ0v) is 12.7. The normalized spacial score (nSPS) is 37.4. The third-order valence-electron chi connectivity index (χ3n) is 4.64. The summed E-state index contributed by atoms with van der Waals surface area (Å²) in [6.45, 7) is 9.96. The van der Waals surface area contributed by atoms with E-state index >= 15 is 0 Å². The van der Waals surface area contributed by atoms with Crippen molar-refractivity contribution in [2.75, 3.05) is 45.9 Å². The minimum atomic E-state index is 0. The molecule has 112 valence electrons. The SMILES string of the molecule is CC1(CN2CCCC(C3OCCO3)C2)CCNC1.Cl. The molecule has 3 aliphatic heterocycles. The van der Waals surface area contributed by atoms with Crippen molar-refractivity contribution in [3.05, 3.63) is 0 Å². The van der Waals surface area contributed by atoms with E-state index in [0.29, 0.717) is 11.3 Å². The molecule has 2 atom stereocenters. The van der Waals surface area contributed by atoms with Gasteiger partial charge in [0.05, 0.1) is 13.2 Å². The second kappa shape index (κ2) is 6.72. The summed E-state index contributed by atoms with van der Waals surface area (Å²) in [6, 6.07) is 0. The molecule has 0 amide bonds. The lowest BCUT2D eigenvalue weighted by Crippen LogP contribution is -2.45. The number of likely N-dealkylation sites (tertiary alicyclic amines) is 1. The topological polar surface area (TPSA) is 33.7 Å². The van der Waals surface area contributed by atoms with E-state index in [1.54, 1.807) is 0 Å². The molecule has 4 nitrogen and oxygen atoms in total. The van der Waals surface area contributed by atoms with Gasteiger partial charge in [0.1, 0.15) is 0 Å². The fourth-order valence-electron chi connectivity index (χ4n) is 3.65. The van der Waals surface area contributed by atoms with Crippen LogP contribution < -0.4 is 5.32 Å². The molecule has 0 saturated carbocycles. The van der Waals surface area contributed by atoms with Crippen LogP contribution in [0.3, 0.4) is 0 Å². The van der Waals surface area contributed by atoms with E-state index in [1.165, 1.54) is 45.4 Å². The predicted molar refractivity (Wildman–Crippen MR) is 77.7 cm³/mol. The van der Waals surface area contributed by atoms with Crippen molar-refractivity contribution in [1.82, 2.24) is 10.2 Å². The minimum Gasteiger partial charge on any atom is -0.350 e. The standard InChI is InChI=1S/C14H26N2O2.ClH/c1-14(4-5-15-10-14)11-16-6-2-3-12(9-16)13-17-7-8-18-13;/h12-13,15H,2-11H2,1H3;1H. The lowest BCUT2D eigenvalue weighted by Gasteiger charge is -2.38. The molecule has 0 aromatic carbocycles. The molecule has 0 radical (unpaired) electrons. The molecule has 0 aromatic rings. The highest BCUT2D eigenvalue weighted by Crippen LogP contribution is 2.30. The van der Waals surface area contributed by atoms with Crippen molar-refractivity contribution in [3.63, 3.8) is 0 Å². The first kappa shape index (κ1) is 15.5. The molecule has 1 N–H and O–H groups in total. The highest BCUT2D eigenvalue weighted by Gasteiger charge is 2.35. The maximum atomic E-state index is 5.67. The molecular formula is C14H27ClN2O2. The van der Waals surface area contributed by atoms with Gasteiger partial charge in [-0.15, -0.1) is 12.4 Å². The first-order valence-corrected chi connectivity index (χ1v) is 7.42. The van der Waals surface area contributed by atoms with Crippen LogP contribution in [0.15, 0.2) is 0 Å². The lowest BCUT2D eigenvalue weighted by atomic mass is 9.87. The lowest BCUT2D eigenvalue weighted by molar-refractivity contribution is -0.102. The Labute approximate surface area is 122 Å². The number of hydrogen-bond donors (Lipinski definition) is 1. The van der Waals surface area contributed by atoms with Gasteiger partial charge in [-0.05, 0) is 37.8 Å². The molecule has 3 heterocycles. The van der Waals surface area contributed by atoms with Crippen LogP contribution in [0.2, 0.25) is 0 Å². The third-order valence-corrected chi connectivity index (χ3v) is 4.64. The maximum absolute atomic E-state index is 5.67. The summed E-state index contributed by atoms with van der Waals surface area (Å²) < 4.78 is 11.3. The van der Waals surface area contributed by atoms with Crippen LogP contribution in [0.25, 0.3) is 0 Å². The quantitative estimate of drug-likeness (QED) is 0.854. The summed E-state index contributed by atoms with van der Waals surface area (Å²) in [5, 5.41) is 3.49. The zero-order chi connectivity index (χ0) is 12.4. The number of nitrogens with zero attached hydrogens (tertiary/aromatic N) is 1. The van der Waals surface area contributed by atoms with Crippen LogP contribution in [0.4, 0.5) is 0 Å². The number of nitrogens with one attached hydrogen (secondary N) is 1. The number of rotatable bonds is 3. The Bertz CT molecular complexity index is 279. The van der Waals surface area contributed by atoms with Crippen LogP contribution in [0.1, 0.15) is 26.2 Å². The van der Waals surface area contributed by atoms with Gasteiger partial charge in [0.2, 0.25) is 0 Å². The van der Waals surface area contributed by atoms with Crippen LogP contribution >= 0.6 is 12.4 Å². The average molecular weight is 291 g/mol. The minimum absolute atomic E-state index is 0. The monoisotopic (exact) mass is 290 g/mol. The first-order valence-electron chi connectivity index (χ1n) is 7.42. The van der Waals surface area contributed by atoms with E-state index in [0.717, 1.165) is 19.8 Å². The van der Waals surface area contributed by atoms with Gasteiger partial charge in [-0.25, -0.2) is 0 Å². The second-order valence-electron chi connectivity index (χ2n) is 6.48. The van der Waals surface area contributed by atoms with Gasteiger partial charge in [-0.3, -0.25) is 0 Å². The van der Waals surface area contributed by atoms with Crippen LogP contribution in [0, 0.1) is 11.3 Å². The van der Waals surface area contributed by atoms with Crippen molar-refractivity contribution >= 4 is 12.4 Å². The highest BCUT2D eigenvalue weighted by atomic mass is 35.5. The average Bonchev–Trinajstić information content (AvgIpc) is 3.01. The van der Waals surface area contributed by atoms with Gasteiger partial charge in [0.15, 0.2) is 6.29 Å². The van der Waals surface area contributed by atoms with E-state index in [9.17, 15) is 0 Å². The largest absolute Gasteiger partial charge is 0.350 e. The molecule has 5 heteroatoms. The summed E-state index contributed by atoms with van der Waals surface area (Å²) in [4.78, 5) is 2.63. The number of hydrogen-bond acceptors (Lipinski definition) is 4. The smallest absolute Gasteiger partial charge is 0.161 e. The molecule has 3 fully saturated rings. The fraction of sp³-hybridized carbons (Fsp3) is 1.00. The summed E-state index contributed by atoms with van der Waals surface area (Å²) >= 11 is 0. The Hall–Kier alpha value is 0.130.